The zero-order valence-corrected chi connectivity index (χ0v) is 11.7. The standard InChI is InChI=1S/C11H18BrN3O2/c1-7(2)15-11(8(12)6-14-15)9(13)5-10-16-3-4-17-10/h6-7,9-10H,3-5,13H2,1-2H3. The van der Waals surface area contributed by atoms with Gasteiger partial charge < -0.3 is 15.2 Å². The van der Waals surface area contributed by atoms with Gasteiger partial charge in [-0.3, -0.25) is 4.68 Å². The fourth-order valence-corrected chi connectivity index (χ4v) is 2.54. The minimum Gasteiger partial charge on any atom is -0.350 e. The van der Waals surface area contributed by atoms with Crippen LogP contribution in [-0.2, 0) is 9.47 Å². The van der Waals surface area contributed by atoms with E-state index in [9.17, 15) is 0 Å². The predicted octanol–water partition coefficient (Wildman–Crippen LogP) is 1.99. The molecule has 0 saturated carbocycles. The lowest BCUT2D eigenvalue weighted by atomic mass is 10.1. The first kappa shape index (κ1) is 13.0. The van der Waals surface area contributed by atoms with E-state index in [2.05, 4.69) is 34.9 Å². The molecule has 6 heteroatoms. The van der Waals surface area contributed by atoms with Crippen molar-refractivity contribution >= 4 is 15.9 Å². The normalized spacial score (nSPS) is 19.1. The molecule has 1 fully saturated rings. The molecule has 1 aliphatic rings. The largest absolute Gasteiger partial charge is 0.350 e. The molecule has 5 nitrogen and oxygen atoms in total. The van der Waals surface area contributed by atoms with Gasteiger partial charge in [0.15, 0.2) is 6.29 Å². The number of nitrogens with zero attached hydrogens (tertiary/aromatic N) is 2. The van der Waals surface area contributed by atoms with Crippen LogP contribution in [0.15, 0.2) is 10.7 Å². The van der Waals surface area contributed by atoms with Crippen molar-refractivity contribution in [1.29, 1.82) is 0 Å². The van der Waals surface area contributed by atoms with Gasteiger partial charge in [-0.25, -0.2) is 0 Å². The number of hydrogen-bond donors (Lipinski definition) is 1. The van der Waals surface area contributed by atoms with Crippen LogP contribution in [0.2, 0.25) is 0 Å². The van der Waals surface area contributed by atoms with Crippen molar-refractivity contribution in [3.8, 4) is 0 Å². The number of aromatic nitrogens is 2. The Morgan fingerprint density at radius 3 is 2.76 bits per heavy atom. The minimum atomic E-state index is -0.188. The maximum Gasteiger partial charge on any atom is 0.159 e. The van der Waals surface area contributed by atoms with Crippen LogP contribution in [0.1, 0.15) is 38.0 Å². The summed E-state index contributed by atoms with van der Waals surface area (Å²) in [6, 6.07) is 0.144. The molecule has 1 unspecified atom stereocenters. The summed E-state index contributed by atoms with van der Waals surface area (Å²) in [7, 11) is 0. The quantitative estimate of drug-likeness (QED) is 0.924. The van der Waals surface area contributed by atoms with Gasteiger partial charge in [0.05, 0.1) is 35.6 Å². The summed E-state index contributed by atoms with van der Waals surface area (Å²) < 4.78 is 13.7. The number of nitrogens with two attached hydrogens (primary N) is 1. The summed E-state index contributed by atoms with van der Waals surface area (Å²) in [6.07, 6.45) is 2.25. The minimum absolute atomic E-state index is 0.141. The average molecular weight is 304 g/mol. The Balaban J connectivity index is 2.11. The van der Waals surface area contributed by atoms with Crippen LogP contribution in [0.25, 0.3) is 0 Å². The third-order valence-electron chi connectivity index (χ3n) is 2.76. The van der Waals surface area contributed by atoms with Crippen molar-refractivity contribution in [2.24, 2.45) is 5.73 Å². The van der Waals surface area contributed by atoms with Gasteiger partial charge >= 0.3 is 0 Å². The second-order valence-electron chi connectivity index (χ2n) is 4.43. The molecule has 1 atom stereocenters. The second kappa shape index (κ2) is 5.48. The number of halogens is 1. The molecule has 0 radical (unpaired) electrons. The number of ether oxygens (including phenoxy) is 2. The van der Waals surface area contributed by atoms with Crippen molar-refractivity contribution in [3.05, 3.63) is 16.4 Å². The molecule has 2 N–H and O–H groups in total. The van der Waals surface area contributed by atoms with Crippen LogP contribution in [0.3, 0.4) is 0 Å². The summed E-state index contributed by atoms with van der Waals surface area (Å²) in [5.74, 6) is 0. The van der Waals surface area contributed by atoms with Gasteiger partial charge in [0.2, 0.25) is 0 Å². The molecule has 0 amide bonds. The molecule has 96 valence electrons. The van der Waals surface area contributed by atoms with Crippen LogP contribution in [0.5, 0.6) is 0 Å². The third kappa shape index (κ3) is 2.88. The molecule has 17 heavy (non-hydrogen) atoms. The van der Waals surface area contributed by atoms with E-state index >= 15 is 0 Å². The molecule has 0 bridgehead atoms. The van der Waals surface area contributed by atoms with Gasteiger partial charge in [0, 0.05) is 12.5 Å². The third-order valence-corrected chi connectivity index (χ3v) is 3.38. The van der Waals surface area contributed by atoms with E-state index in [-0.39, 0.29) is 18.4 Å². The van der Waals surface area contributed by atoms with Crippen molar-refractivity contribution in [1.82, 2.24) is 9.78 Å². The molecule has 1 saturated heterocycles. The van der Waals surface area contributed by atoms with Gasteiger partial charge in [-0.1, -0.05) is 0 Å². The Morgan fingerprint density at radius 2 is 2.18 bits per heavy atom. The second-order valence-corrected chi connectivity index (χ2v) is 5.28. The number of hydrogen-bond acceptors (Lipinski definition) is 4. The topological polar surface area (TPSA) is 62.3 Å². The van der Waals surface area contributed by atoms with E-state index in [1.165, 1.54) is 0 Å². The molecule has 1 aliphatic heterocycles. The number of rotatable bonds is 4. The van der Waals surface area contributed by atoms with Crippen LogP contribution in [0.4, 0.5) is 0 Å². The molecule has 0 aromatic carbocycles. The highest BCUT2D eigenvalue weighted by Crippen LogP contribution is 2.28. The molecule has 2 heterocycles. The fourth-order valence-electron chi connectivity index (χ4n) is 1.97. The first-order valence-electron chi connectivity index (χ1n) is 5.81. The first-order chi connectivity index (χ1) is 8.09. The van der Waals surface area contributed by atoms with E-state index in [1.54, 1.807) is 6.20 Å². The van der Waals surface area contributed by atoms with E-state index < -0.39 is 0 Å². The predicted molar refractivity (Wildman–Crippen MR) is 67.5 cm³/mol. The van der Waals surface area contributed by atoms with Crippen molar-refractivity contribution in [3.63, 3.8) is 0 Å². The lowest BCUT2D eigenvalue weighted by molar-refractivity contribution is -0.0512. The zero-order chi connectivity index (χ0) is 12.4. The Labute approximate surface area is 109 Å². The smallest absolute Gasteiger partial charge is 0.159 e. The van der Waals surface area contributed by atoms with Crippen molar-refractivity contribution in [2.75, 3.05) is 13.2 Å². The Bertz CT molecular complexity index is 375. The van der Waals surface area contributed by atoms with Gasteiger partial charge in [-0.2, -0.15) is 5.10 Å². The molecule has 0 aliphatic carbocycles. The summed E-state index contributed by atoms with van der Waals surface area (Å²) in [6.45, 7) is 5.47. The molecule has 2 rings (SSSR count). The van der Waals surface area contributed by atoms with Crippen LogP contribution < -0.4 is 5.73 Å². The van der Waals surface area contributed by atoms with Gasteiger partial charge in [-0.15, -0.1) is 0 Å². The van der Waals surface area contributed by atoms with Crippen LogP contribution in [0, 0.1) is 0 Å². The monoisotopic (exact) mass is 303 g/mol. The Kier molecular flexibility index (Phi) is 4.19. The molecular formula is C11H18BrN3O2. The summed E-state index contributed by atoms with van der Waals surface area (Å²) >= 11 is 3.49. The molecule has 0 spiro atoms. The summed E-state index contributed by atoms with van der Waals surface area (Å²) in [5.41, 5.74) is 7.21. The van der Waals surface area contributed by atoms with Gasteiger partial charge in [0.25, 0.3) is 0 Å². The van der Waals surface area contributed by atoms with E-state index in [1.807, 2.05) is 4.68 Å². The van der Waals surface area contributed by atoms with Crippen molar-refractivity contribution in [2.45, 2.75) is 38.6 Å². The van der Waals surface area contributed by atoms with Crippen LogP contribution >= 0.6 is 15.9 Å². The molecule has 1 aromatic rings. The maximum absolute atomic E-state index is 6.21. The lowest BCUT2D eigenvalue weighted by Gasteiger charge is -2.19. The summed E-state index contributed by atoms with van der Waals surface area (Å²) in [5, 5.41) is 4.32. The molecular weight excluding hydrogens is 286 g/mol. The van der Waals surface area contributed by atoms with Crippen LogP contribution in [-0.4, -0.2) is 29.3 Å². The highest BCUT2D eigenvalue weighted by molar-refractivity contribution is 9.10. The average Bonchev–Trinajstić information content (AvgIpc) is 2.86. The van der Waals surface area contributed by atoms with Gasteiger partial charge in [0.1, 0.15) is 0 Å². The maximum atomic E-state index is 6.21. The Hall–Kier alpha value is -0.430. The lowest BCUT2D eigenvalue weighted by Crippen LogP contribution is -2.23. The van der Waals surface area contributed by atoms with E-state index in [4.69, 9.17) is 15.2 Å². The SMILES string of the molecule is CC(C)n1ncc(Br)c1C(N)CC1OCCO1. The zero-order valence-electron chi connectivity index (χ0n) is 10.1. The first-order valence-corrected chi connectivity index (χ1v) is 6.60. The fraction of sp³-hybridized carbons (Fsp3) is 0.727. The highest BCUT2D eigenvalue weighted by Gasteiger charge is 2.24. The summed E-state index contributed by atoms with van der Waals surface area (Å²) in [4.78, 5) is 0. The highest BCUT2D eigenvalue weighted by atomic mass is 79.9. The van der Waals surface area contributed by atoms with E-state index in [0.29, 0.717) is 19.6 Å². The Morgan fingerprint density at radius 1 is 1.53 bits per heavy atom. The van der Waals surface area contributed by atoms with Crippen molar-refractivity contribution < 1.29 is 9.47 Å². The van der Waals surface area contributed by atoms with Gasteiger partial charge in [-0.05, 0) is 29.8 Å². The molecule has 1 aromatic heterocycles. The van der Waals surface area contributed by atoms with E-state index in [0.717, 1.165) is 10.2 Å².